The smallest absolute Gasteiger partial charge is 0.245 e. The molecule has 1 amide bonds. The number of imidazole rings is 1. The van der Waals surface area contributed by atoms with Gasteiger partial charge in [-0.3, -0.25) is 4.79 Å². The number of hydrogen-bond acceptors (Lipinski definition) is 4. The molecule has 1 aromatic rings. The highest BCUT2D eigenvalue weighted by Crippen LogP contribution is 2.17. The Morgan fingerprint density at radius 1 is 1.44 bits per heavy atom. The number of nitrogens with zero attached hydrogens (tertiary/aromatic N) is 3. The van der Waals surface area contributed by atoms with E-state index in [-0.39, 0.29) is 18.0 Å². The molecule has 2 N–H and O–H groups in total. The van der Waals surface area contributed by atoms with Crippen molar-refractivity contribution in [3.63, 3.8) is 0 Å². The zero-order valence-corrected chi connectivity index (χ0v) is 10.9. The van der Waals surface area contributed by atoms with Gasteiger partial charge in [0.15, 0.2) is 0 Å². The van der Waals surface area contributed by atoms with Crippen LogP contribution in [0.3, 0.4) is 0 Å². The molecule has 1 saturated heterocycles. The van der Waals surface area contributed by atoms with Gasteiger partial charge in [0.05, 0.1) is 25.2 Å². The Labute approximate surface area is 107 Å². The molecule has 6 nitrogen and oxygen atoms in total. The Balaban J connectivity index is 2.12. The molecule has 2 atom stereocenters. The largest absolute Gasteiger partial charge is 0.378 e. The van der Waals surface area contributed by atoms with Gasteiger partial charge in [-0.05, 0) is 13.8 Å². The lowest BCUT2D eigenvalue weighted by Gasteiger charge is -2.30. The lowest BCUT2D eigenvalue weighted by atomic mass is 10.2. The van der Waals surface area contributed by atoms with Gasteiger partial charge < -0.3 is 19.9 Å². The van der Waals surface area contributed by atoms with Crippen LogP contribution < -0.4 is 5.73 Å². The Morgan fingerprint density at radius 3 is 2.72 bits per heavy atom. The standard InChI is InChI=1S/C12H20N4O2/c1-9(13)11-7-14-8-16(11)10(2)12(17)15-3-5-18-6-4-15/h7-10H,3-6,13H2,1-2H3. The van der Waals surface area contributed by atoms with Crippen LogP contribution in [0.4, 0.5) is 0 Å². The van der Waals surface area contributed by atoms with E-state index in [0.29, 0.717) is 26.3 Å². The highest BCUT2D eigenvalue weighted by molar-refractivity contribution is 5.80. The van der Waals surface area contributed by atoms with Crippen molar-refractivity contribution < 1.29 is 9.53 Å². The molecule has 18 heavy (non-hydrogen) atoms. The molecule has 0 bridgehead atoms. The maximum Gasteiger partial charge on any atom is 0.245 e. The lowest BCUT2D eigenvalue weighted by molar-refractivity contribution is -0.138. The molecule has 1 fully saturated rings. The van der Waals surface area contributed by atoms with Gasteiger partial charge in [0.25, 0.3) is 0 Å². The number of hydrogen-bond donors (Lipinski definition) is 1. The Bertz CT molecular complexity index is 410. The number of nitrogens with two attached hydrogens (primary N) is 1. The van der Waals surface area contributed by atoms with Crippen LogP contribution in [0.2, 0.25) is 0 Å². The molecule has 1 aliphatic rings. The fourth-order valence-electron chi connectivity index (χ4n) is 2.16. The number of morpholine rings is 1. The minimum absolute atomic E-state index is 0.0956. The summed E-state index contributed by atoms with van der Waals surface area (Å²) in [7, 11) is 0. The molecule has 6 heteroatoms. The number of carbonyl (C=O) groups is 1. The van der Waals surface area contributed by atoms with E-state index in [4.69, 9.17) is 10.5 Å². The van der Waals surface area contributed by atoms with Gasteiger partial charge in [0.1, 0.15) is 6.04 Å². The monoisotopic (exact) mass is 252 g/mol. The van der Waals surface area contributed by atoms with E-state index in [1.807, 2.05) is 23.3 Å². The van der Waals surface area contributed by atoms with Crippen LogP contribution in [0.5, 0.6) is 0 Å². The summed E-state index contributed by atoms with van der Waals surface area (Å²) in [5.41, 5.74) is 6.75. The van der Waals surface area contributed by atoms with Crippen molar-refractivity contribution in [2.45, 2.75) is 25.9 Å². The summed E-state index contributed by atoms with van der Waals surface area (Å²) in [5.74, 6) is 0.0956. The Kier molecular flexibility index (Phi) is 3.98. The van der Waals surface area contributed by atoms with Gasteiger partial charge in [-0.25, -0.2) is 4.98 Å². The SMILES string of the molecule is CC(N)c1cncn1C(C)C(=O)N1CCOCC1. The first kappa shape index (κ1) is 13.0. The van der Waals surface area contributed by atoms with Crippen LogP contribution in [0.1, 0.15) is 31.6 Å². The van der Waals surface area contributed by atoms with Crippen LogP contribution in [0.15, 0.2) is 12.5 Å². The molecule has 0 saturated carbocycles. The van der Waals surface area contributed by atoms with E-state index in [2.05, 4.69) is 4.98 Å². The number of rotatable bonds is 3. The molecule has 100 valence electrons. The number of ether oxygens (including phenoxy) is 1. The highest BCUT2D eigenvalue weighted by atomic mass is 16.5. The third-order valence-electron chi connectivity index (χ3n) is 3.26. The fraction of sp³-hybridized carbons (Fsp3) is 0.667. The van der Waals surface area contributed by atoms with Crippen molar-refractivity contribution >= 4 is 5.91 Å². The molecule has 2 heterocycles. The molecular weight excluding hydrogens is 232 g/mol. The molecule has 1 aliphatic heterocycles. The maximum absolute atomic E-state index is 12.4. The summed E-state index contributed by atoms with van der Waals surface area (Å²) < 4.78 is 7.10. The average Bonchev–Trinajstić information content (AvgIpc) is 2.87. The van der Waals surface area contributed by atoms with Crippen LogP contribution in [0, 0.1) is 0 Å². The maximum atomic E-state index is 12.4. The quantitative estimate of drug-likeness (QED) is 0.841. The molecule has 0 radical (unpaired) electrons. The predicted octanol–water partition coefficient (Wildman–Crippen LogP) is 0.323. The minimum Gasteiger partial charge on any atom is -0.378 e. The first-order valence-electron chi connectivity index (χ1n) is 6.25. The van der Waals surface area contributed by atoms with Crippen LogP contribution in [-0.4, -0.2) is 46.7 Å². The first-order valence-corrected chi connectivity index (χ1v) is 6.25. The Hall–Kier alpha value is -1.40. The van der Waals surface area contributed by atoms with Gasteiger partial charge in [-0.1, -0.05) is 0 Å². The Morgan fingerprint density at radius 2 is 2.11 bits per heavy atom. The van der Waals surface area contributed by atoms with E-state index in [0.717, 1.165) is 5.69 Å². The lowest BCUT2D eigenvalue weighted by Crippen LogP contribution is -2.43. The van der Waals surface area contributed by atoms with Crippen molar-refractivity contribution in [2.24, 2.45) is 5.73 Å². The normalized spacial score (nSPS) is 19.6. The third kappa shape index (κ3) is 2.54. The highest BCUT2D eigenvalue weighted by Gasteiger charge is 2.25. The summed E-state index contributed by atoms with van der Waals surface area (Å²) >= 11 is 0. The van der Waals surface area contributed by atoms with Crippen molar-refractivity contribution in [1.82, 2.24) is 14.5 Å². The second-order valence-corrected chi connectivity index (χ2v) is 4.63. The van der Waals surface area contributed by atoms with Crippen LogP contribution >= 0.6 is 0 Å². The summed E-state index contributed by atoms with van der Waals surface area (Å²) in [6.45, 7) is 6.31. The van der Waals surface area contributed by atoms with E-state index >= 15 is 0 Å². The third-order valence-corrected chi connectivity index (χ3v) is 3.26. The summed E-state index contributed by atoms with van der Waals surface area (Å²) in [4.78, 5) is 18.3. The van der Waals surface area contributed by atoms with Crippen molar-refractivity contribution in [1.29, 1.82) is 0 Å². The van der Waals surface area contributed by atoms with E-state index < -0.39 is 0 Å². The van der Waals surface area contributed by atoms with Gasteiger partial charge in [-0.15, -0.1) is 0 Å². The average molecular weight is 252 g/mol. The van der Waals surface area contributed by atoms with Crippen molar-refractivity contribution in [2.75, 3.05) is 26.3 Å². The molecule has 1 aromatic heterocycles. The summed E-state index contributed by atoms with van der Waals surface area (Å²) in [5, 5.41) is 0. The second kappa shape index (κ2) is 5.49. The minimum atomic E-state index is -0.272. The zero-order chi connectivity index (χ0) is 13.1. The summed E-state index contributed by atoms with van der Waals surface area (Å²) in [6, 6.07) is -0.404. The van der Waals surface area contributed by atoms with E-state index in [9.17, 15) is 4.79 Å². The van der Waals surface area contributed by atoms with Crippen molar-refractivity contribution in [3.05, 3.63) is 18.2 Å². The number of aromatic nitrogens is 2. The van der Waals surface area contributed by atoms with Gasteiger partial charge >= 0.3 is 0 Å². The predicted molar refractivity (Wildman–Crippen MR) is 66.9 cm³/mol. The first-order chi connectivity index (χ1) is 8.61. The molecule has 0 aliphatic carbocycles. The summed E-state index contributed by atoms with van der Waals surface area (Å²) in [6.07, 6.45) is 3.38. The van der Waals surface area contributed by atoms with E-state index in [1.165, 1.54) is 0 Å². The molecule has 0 spiro atoms. The van der Waals surface area contributed by atoms with Gasteiger partial charge in [0, 0.05) is 25.3 Å². The molecule has 2 unspecified atom stereocenters. The fourth-order valence-corrected chi connectivity index (χ4v) is 2.16. The molecule has 2 rings (SSSR count). The second-order valence-electron chi connectivity index (χ2n) is 4.63. The van der Waals surface area contributed by atoms with Crippen molar-refractivity contribution in [3.8, 4) is 0 Å². The van der Waals surface area contributed by atoms with Crippen LogP contribution in [-0.2, 0) is 9.53 Å². The molecule has 0 aromatic carbocycles. The topological polar surface area (TPSA) is 73.4 Å². The van der Waals surface area contributed by atoms with Gasteiger partial charge in [-0.2, -0.15) is 0 Å². The number of carbonyl (C=O) groups excluding carboxylic acids is 1. The zero-order valence-electron chi connectivity index (χ0n) is 10.9. The van der Waals surface area contributed by atoms with Gasteiger partial charge in [0.2, 0.25) is 5.91 Å². The van der Waals surface area contributed by atoms with Crippen LogP contribution in [0.25, 0.3) is 0 Å². The molecular formula is C12H20N4O2. The number of amides is 1. The van der Waals surface area contributed by atoms with E-state index in [1.54, 1.807) is 12.5 Å².